The van der Waals surface area contributed by atoms with Crippen LogP contribution in [0.5, 0.6) is 5.75 Å². The standard InChI is InChI=1S/C15H23NO.ClH/c1-3-12(2)14-8-4-5-9-15(14)17-13-7-6-10-16-11-13;/h4-5,8-9,12-13,16H,3,6-7,10-11H2,1-2H3;1H. The minimum absolute atomic E-state index is 0. The number of ether oxygens (including phenoxy) is 1. The SMILES string of the molecule is CCC(C)c1ccccc1OC1CCCNC1.Cl. The van der Waals surface area contributed by atoms with E-state index < -0.39 is 0 Å². The van der Waals surface area contributed by atoms with E-state index in [1.54, 1.807) is 0 Å². The molecule has 2 unspecified atom stereocenters. The van der Waals surface area contributed by atoms with Gasteiger partial charge in [-0.15, -0.1) is 12.4 Å². The van der Waals surface area contributed by atoms with Gasteiger partial charge in [-0.3, -0.25) is 0 Å². The summed E-state index contributed by atoms with van der Waals surface area (Å²) >= 11 is 0. The molecule has 102 valence electrons. The van der Waals surface area contributed by atoms with E-state index in [1.165, 1.54) is 18.4 Å². The average molecular weight is 270 g/mol. The first-order valence-electron chi connectivity index (χ1n) is 6.77. The largest absolute Gasteiger partial charge is 0.489 e. The highest BCUT2D eigenvalue weighted by molar-refractivity contribution is 5.85. The highest BCUT2D eigenvalue weighted by Crippen LogP contribution is 2.29. The molecular formula is C15H24ClNO. The van der Waals surface area contributed by atoms with Gasteiger partial charge in [-0.2, -0.15) is 0 Å². The lowest BCUT2D eigenvalue weighted by Crippen LogP contribution is -2.37. The normalized spacial score (nSPS) is 20.9. The summed E-state index contributed by atoms with van der Waals surface area (Å²) in [4.78, 5) is 0. The van der Waals surface area contributed by atoms with E-state index in [1.807, 2.05) is 0 Å². The van der Waals surface area contributed by atoms with E-state index in [0.717, 1.165) is 25.3 Å². The molecule has 0 saturated carbocycles. The maximum Gasteiger partial charge on any atom is 0.123 e. The molecule has 1 aliphatic rings. The summed E-state index contributed by atoms with van der Waals surface area (Å²) in [7, 11) is 0. The lowest BCUT2D eigenvalue weighted by atomic mass is 9.97. The minimum Gasteiger partial charge on any atom is -0.489 e. The molecule has 0 radical (unpaired) electrons. The smallest absolute Gasteiger partial charge is 0.123 e. The van der Waals surface area contributed by atoms with Crippen molar-refractivity contribution >= 4 is 12.4 Å². The molecule has 0 aromatic heterocycles. The zero-order valence-corrected chi connectivity index (χ0v) is 12.1. The molecule has 18 heavy (non-hydrogen) atoms. The van der Waals surface area contributed by atoms with Gasteiger partial charge in [0.2, 0.25) is 0 Å². The van der Waals surface area contributed by atoms with Crippen LogP contribution in [0, 0.1) is 0 Å². The zero-order chi connectivity index (χ0) is 12.1. The van der Waals surface area contributed by atoms with Crippen LogP contribution in [0.1, 0.15) is 44.6 Å². The van der Waals surface area contributed by atoms with Crippen molar-refractivity contribution in [1.29, 1.82) is 0 Å². The van der Waals surface area contributed by atoms with E-state index in [9.17, 15) is 0 Å². The second-order valence-electron chi connectivity index (χ2n) is 4.93. The van der Waals surface area contributed by atoms with Crippen molar-refractivity contribution in [3.63, 3.8) is 0 Å². The molecule has 0 amide bonds. The van der Waals surface area contributed by atoms with Gasteiger partial charge in [-0.1, -0.05) is 32.0 Å². The van der Waals surface area contributed by atoms with Gasteiger partial charge < -0.3 is 10.1 Å². The van der Waals surface area contributed by atoms with Gasteiger partial charge in [0.25, 0.3) is 0 Å². The Kier molecular flexibility index (Phi) is 6.51. The lowest BCUT2D eigenvalue weighted by Gasteiger charge is -2.26. The van der Waals surface area contributed by atoms with Gasteiger partial charge in [-0.25, -0.2) is 0 Å². The number of halogens is 1. The summed E-state index contributed by atoms with van der Waals surface area (Å²) in [5, 5.41) is 3.39. The fourth-order valence-corrected chi connectivity index (χ4v) is 2.31. The monoisotopic (exact) mass is 269 g/mol. The van der Waals surface area contributed by atoms with Crippen LogP contribution in [0.4, 0.5) is 0 Å². The summed E-state index contributed by atoms with van der Waals surface area (Å²) in [5.41, 5.74) is 1.35. The number of hydrogen-bond donors (Lipinski definition) is 1. The summed E-state index contributed by atoms with van der Waals surface area (Å²) in [6.07, 6.45) is 3.88. The number of benzene rings is 1. The summed E-state index contributed by atoms with van der Waals surface area (Å²) in [5.74, 6) is 1.65. The molecule has 3 heteroatoms. The molecule has 0 bridgehead atoms. The molecule has 1 saturated heterocycles. The molecule has 1 aliphatic heterocycles. The summed E-state index contributed by atoms with van der Waals surface area (Å²) in [6.45, 7) is 6.60. The maximum absolute atomic E-state index is 6.15. The molecule has 0 aliphatic carbocycles. The predicted molar refractivity (Wildman–Crippen MR) is 78.9 cm³/mol. The minimum atomic E-state index is 0. The Morgan fingerprint density at radius 2 is 2.17 bits per heavy atom. The van der Waals surface area contributed by atoms with Gasteiger partial charge in [0.05, 0.1) is 0 Å². The van der Waals surface area contributed by atoms with Crippen LogP contribution in [0.25, 0.3) is 0 Å². The molecule has 2 nitrogen and oxygen atoms in total. The van der Waals surface area contributed by atoms with Gasteiger partial charge in [0.1, 0.15) is 11.9 Å². The summed E-state index contributed by atoms with van der Waals surface area (Å²) < 4.78 is 6.15. The van der Waals surface area contributed by atoms with Crippen molar-refractivity contribution in [2.45, 2.75) is 45.1 Å². The van der Waals surface area contributed by atoms with E-state index >= 15 is 0 Å². The molecule has 1 fully saturated rings. The average Bonchev–Trinajstić information content (AvgIpc) is 2.40. The first-order chi connectivity index (χ1) is 8.31. The predicted octanol–water partition coefficient (Wildman–Crippen LogP) is 3.75. The third kappa shape index (κ3) is 3.89. The van der Waals surface area contributed by atoms with Gasteiger partial charge in [0.15, 0.2) is 0 Å². The van der Waals surface area contributed by atoms with Crippen LogP contribution in [0.2, 0.25) is 0 Å². The van der Waals surface area contributed by atoms with E-state index in [2.05, 4.69) is 43.4 Å². The molecule has 0 spiro atoms. The fourth-order valence-electron chi connectivity index (χ4n) is 2.31. The van der Waals surface area contributed by atoms with Crippen molar-refractivity contribution in [2.24, 2.45) is 0 Å². The topological polar surface area (TPSA) is 21.3 Å². The van der Waals surface area contributed by atoms with E-state index in [0.29, 0.717) is 12.0 Å². The van der Waals surface area contributed by atoms with Crippen LogP contribution < -0.4 is 10.1 Å². The Morgan fingerprint density at radius 1 is 1.39 bits per heavy atom. The Labute approximate surface area is 117 Å². The highest BCUT2D eigenvalue weighted by atomic mass is 35.5. The Hall–Kier alpha value is -0.730. The van der Waals surface area contributed by atoms with Gasteiger partial charge in [0, 0.05) is 6.54 Å². The molecule has 1 aromatic rings. The van der Waals surface area contributed by atoms with Gasteiger partial charge >= 0.3 is 0 Å². The fraction of sp³-hybridized carbons (Fsp3) is 0.600. The number of hydrogen-bond acceptors (Lipinski definition) is 2. The Morgan fingerprint density at radius 3 is 2.83 bits per heavy atom. The zero-order valence-electron chi connectivity index (χ0n) is 11.3. The van der Waals surface area contributed by atoms with Crippen LogP contribution in [0.3, 0.4) is 0 Å². The third-order valence-electron chi connectivity index (χ3n) is 3.61. The number of piperidine rings is 1. The molecule has 2 atom stereocenters. The Balaban J connectivity index is 0.00000162. The van der Waals surface area contributed by atoms with Gasteiger partial charge in [-0.05, 0) is 43.4 Å². The van der Waals surface area contributed by atoms with Crippen LogP contribution >= 0.6 is 12.4 Å². The maximum atomic E-state index is 6.15. The first-order valence-corrected chi connectivity index (χ1v) is 6.77. The van der Waals surface area contributed by atoms with E-state index in [4.69, 9.17) is 4.74 Å². The van der Waals surface area contributed by atoms with E-state index in [-0.39, 0.29) is 12.4 Å². The van der Waals surface area contributed by atoms with Crippen molar-refractivity contribution in [3.05, 3.63) is 29.8 Å². The second kappa shape index (κ2) is 7.65. The second-order valence-corrected chi connectivity index (χ2v) is 4.93. The molecule has 1 aromatic carbocycles. The first kappa shape index (κ1) is 15.3. The Bertz CT molecular complexity index is 350. The van der Waals surface area contributed by atoms with Crippen molar-refractivity contribution in [1.82, 2.24) is 5.32 Å². The molecular weight excluding hydrogens is 246 g/mol. The van der Waals surface area contributed by atoms with Crippen LogP contribution in [-0.2, 0) is 0 Å². The molecule has 2 rings (SSSR count). The molecule has 1 heterocycles. The summed E-state index contributed by atoms with van der Waals surface area (Å²) in [6, 6.07) is 8.47. The van der Waals surface area contributed by atoms with Crippen molar-refractivity contribution < 1.29 is 4.74 Å². The van der Waals surface area contributed by atoms with Crippen molar-refractivity contribution in [2.75, 3.05) is 13.1 Å². The van der Waals surface area contributed by atoms with Crippen LogP contribution in [-0.4, -0.2) is 19.2 Å². The highest BCUT2D eigenvalue weighted by Gasteiger charge is 2.17. The third-order valence-corrected chi connectivity index (χ3v) is 3.61. The quantitative estimate of drug-likeness (QED) is 0.899. The number of rotatable bonds is 4. The number of nitrogens with one attached hydrogen (secondary N) is 1. The number of para-hydroxylation sites is 1. The molecule has 1 N–H and O–H groups in total. The van der Waals surface area contributed by atoms with Crippen LogP contribution in [0.15, 0.2) is 24.3 Å². The van der Waals surface area contributed by atoms with Crippen molar-refractivity contribution in [3.8, 4) is 5.75 Å². The lowest BCUT2D eigenvalue weighted by molar-refractivity contribution is 0.165.